The SMILES string of the molecule is NS(=O)(=O)c1ccc(N2CCCOCC2)nc1. The quantitative estimate of drug-likeness (QED) is 0.803. The van der Waals surface area contributed by atoms with Crippen LogP contribution in [0, 0.1) is 0 Å². The molecule has 0 spiro atoms. The molecule has 7 heteroatoms. The number of ether oxygens (including phenoxy) is 1. The highest BCUT2D eigenvalue weighted by Crippen LogP contribution is 2.14. The Morgan fingerprint density at radius 2 is 2.12 bits per heavy atom. The van der Waals surface area contributed by atoms with Crippen molar-refractivity contribution in [1.82, 2.24) is 4.98 Å². The number of anilines is 1. The summed E-state index contributed by atoms with van der Waals surface area (Å²) in [6.07, 6.45) is 2.23. The highest BCUT2D eigenvalue weighted by atomic mass is 32.2. The van der Waals surface area contributed by atoms with Crippen molar-refractivity contribution in [2.75, 3.05) is 31.2 Å². The predicted octanol–water partition coefficient (Wildman–Crippen LogP) is -0.0443. The van der Waals surface area contributed by atoms with Gasteiger partial charge in [-0.2, -0.15) is 0 Å². The molecule has 0 aromatic carbocycles. The van der Waals surface area contributed by atoms with E-state index >= 15 is 0 Å². The van der Waals surface area contributed by atoms with Crippen LogP contribution in [0.25, 0.3) is 0 Å². The van der Waals surface area contributed by atoms with Crippen LogP contribution in [0.3, 0.4) is 0 Å². The summed E-state index contributed by atoms with van der Waals surface area (Å²) in [5.74, 6) is 0.753. The van der Waals surface area contributed by atoms with Crippen LogP contribution < -0.4 is 10.0 Å². The van der Waals surface area contributed by atoms with E-state index in [0.29, 0.717) is 6.61 Å². The molecule has 1 aromatic rings. The lowest BCUT2D eigenvalue weighted by Crippen LogP contribution is -2.26. The zero-order valence-electron chi connectivity index (χ0n) is 9.37. The fourth-order valence-corrected chi connectivity index (χ4v) is 2.16. The highest BCUT2D eigenvalue weighted by Gasteiger charge is 2.13. The number of nitrogens with two attached hydrogens (primary N) is 1. The maximum absolute atomic E-state index is 11.1. The molecule has 2 rings (SSSR count). The Kier molecular flexibility index (Phi) is 3.60. The van der Waals surface area contributed by atoms with Crippen molar-refractivity contribution in [2.24, 2.45) is 5.14 Å². The van der Waals surface area contributed by atoms with E-state index in [1.165, 1.54) is 12.3 Å². The molecule has 0 bridgehead atoms. The zero-order chi connectivity index (χ0) is 12.3. The van der Waals surface area contributed by atoms with Crippen molar-refractivity contribution in [2.45, 2.75) is 11.3 Å². The Morgan fingerprint density at radius 1 is 1.29 bits per heavy atom. The Morgan fingerprint density at radius 3 is 2.76 bits per heavy atom. The third-order valence-corrected chi connectivity index (χ3v) is 3.49. The molecule has 2 heterocycles. The minimum absolute atomic E-state index is 0.0346. The molecule has 0 aliphatic carbocycles. The van der Waals surface area contributed by atoms with Crippen LogP contribution in [0.2, 0.25) is 0 Å². The average Bonchev–Trinajstić information content (AvgIpc) is 2.56. The molecule has 0 atom stereocenters. The second kappa shape index (κ2) is 4.99. The van der Waals surface area contributed by atoms with Gasteiger partial charge in [0.25, 0.3) is 0 Å². The van der Waals surface area contributed by atoms with Crippen molar-refractivity contribution in [3.05, 3.63) is 18.3 Å². The van der Waals surface area contributed by atoms with Crippen molar-refractivity contribution in [3.63, 3.8) is 0 Å². The largest absolute Gasteiger partial charge is 0.380 e. The topological polar surface area (TPSA) is 85.5 Å². The van der Waals surface area contributed by atoms with Crippen LogP contribution in [0.5, 0.6) is 0 Å². The van der Waals surface area contributed by atoms with Crippen molar-refractivity contribution < 1.29 is 13.2 Å². The lowest BCUT2D eigenvalue weighted by Gasteiger charge is -2.20. The summed E-state index contributed by atoms with van der Waals surface area (Å²) in [4.78, 5) is 6.23. The average molecular weight is 257 g/mol. The molecule has 0 unspecified atom stereocenters. The van der Waals surface area contributed by atoms with Gasteiger partial charge in [-0.15, -0.1) is 0 Å². The summed E-state index contributed by atoms with van der Waals surface area (Å²) < 4.78 is 27.5. The number of pyridine rings is 1. The van der Waals surface area contributed by atoms with E-state index < -0.39 is 10.0 Å². The highest BCUT2D eigenvalue weighted by molar-refractivity contribution is 7.89. The third kappa shape index (κ3) is 3.15. The summed E-state index contributed by atoms with van der Waals surface area (Å²) in [5.41, 5.74) is 0. The normalized spacial score (nSPS) is 17.8. The second-order valence-electron chi connectivity index (χ2n) is 3.85. The van der Waals surface area contributed by atoms with Crippen LogP contribution in [-0.4, -0.2) is 39.7 Å². The summed E-state index contributed by atoms with van der Waals surface area (Å²) in [6.45, 7) is 3.05. The van der Waals surface area contributed by atoms with E-state index in [-0.39, 0.29) is 4.90 Å². The first-order valence-electron chi connectivity index (χ1n) is 5.39. The van der Waals surface area contributed by atoms with E-state index in [1.54, 1.807) is 6.07 Å². The van der Waals surface area contributed by atoms with Gasteiger partial charge in [0.2, 0.25) is 10.0 Å². The molecular weight excluding hydrogens is 242 g/mol. The van der Waals surface area contributed by atoms with Crippen molar-refractivity contribution >= 4 is 15.8 Å². The monoisotopic (exact) mass is 257 g/mol. The Balaban J connectivity index is 2.17. The van der Waals surface area contributed by atoms with Crippen molar-refractivity contribution in [1.29, 1.82) is 0 Å². The fourth-order valence-electron chi connectivity index (χ4n) is 1.70. The van der Waals surface area contributed by atoms with Crippen molar-refractivity contribution in [3.8, 4) is 0 Å². The first kappa shape index (κ1) is 12.3. The minimum atomic E-state index is -3.66. The zero-order valence-corrected chi connectivity index (χ0v) is 10.2. The van der Waals surface area contributed by atoms with Gasteiger partial charge in [0.05, 0.1) is 6.61 Å². The molecular formula is C10H15N3O3S. The first-order valence-corrected chi connectivity index (χ1v) is 6.93. The third-order valence-electron chi connectivity index (χ3n) is 2.60. The number of rotatable bonds is 2. The summed E-state index contributed by atoms with van der Waals surface area (Å²) in [5, 5.41) is 5.01. The number of hydrogen-bond donors (Lipinski definition) is 1. The molecule has 1 aliphatic heterocycles. The maximum Gasteiger partial charge on any atom is 0.239 e. The minimum Gasteiger partial charge on any atom is -0.380 e. The predicted molar refractivity (Wildman–Crippen MR) is 63.3 cm³/mol. The van der Waals surface area contributed by atoms with Gasteiger partial charge in [-0.05, 0) is 18.6 Å². The molecule has 0 radical (unpaired) electrons. The van der Waals surface area contributed by atoms with Gasteiger partial charge in [-0.1, -0.05) is 0 Å². The van der Waals surface area contributed by atoms with Gasteiger partial charge in [0.1, 0.15) is 10.7 Å². The van der Waals surface area contributed by atoms with E-state index in [0.717, 1.165) is 31.9 Å². The van der Waals surface area contributed by atoms with Crippen LogP contribution >= 0.6 is 0 Å². The summed E-state index contributed by atoms with van der Waals surface area (Å²) in [6, 6.07) is 3.15. The smallest absolute Gasteiger partial charge is 0.239 e. The molecule has 17 heavy (non-hydrogen) atoms. The number of primary sulfonamides is 1. The Bertz CT molecular complexity index is 464. The molecule has 1 fully saturated rings. The van der Waals surface area contributed by atoms with Gasteiger partial charge in [0, 0.05) is 25.9 Å². The van der Waals surface area contributed by atoms with Gasteiger partial charge in [-0.25, -0.2) is 18.5 Å². The number of nitrogens with zero attached hydrogens (tertiary/aromatic N) is 2. The van der Waals surface area contributed by atoms with Crippen LogP contribution in [0.1, 0.15) is 6.42 Å². The molecule has 1 aromatic heterocycles. The van der Waals surface area contributed by atoms with Gasteiger partial charge in [0.15, 0.2) is 0 Å². The Labute approximate surface area is 100 Å². The Hall–Kier alpha value is -1.18. The van der Waals surface area contributed by atoms with E-state index in [4.69, 9.17) is 9.88 Å². The summed E-state index contributed by atoms with van der Waals surface area (Å²) in [7, 11) is -3.66. The number of aromatic nitrogens is 1. The number of sulfonamides is 1. The van der Waals surface area contributed by atoms with E-state index in [1.807, 2.05) is 0 Å². The van der Waals surface area contributed by atoms with Crippen LogP contribution in [0.15, 0.2) is 23.2 Å². The molecule has 1 saturated heterocycles. The standard InChI is InChI=1S/C10H15N3O3S/c11-17(14,15)9-2-3-10(12-8-9)13-4-1-6-16-7-5-13/h2-3,8H,1,4-7H2,(H2,11,14,15). The van der Waals surface area contributed by atoms with Crippen LogP contribution in [-0.2, 0) is 14.8 Å². The molecule has 0 amide bonds. The molecule has 0 saturated carbocycles. The lowest BCUT2D eigenvalue weighted by molar-refractivity contribution is 0.152. The summed E-state index contributed by atoms with van der Waals surface area (Å²) >= 11 is 0. The van der Waals surface area contributed by atoms with E-state index in [9.17, 15) is 8.42 Å². The van der Waals surface area contributed by atoms with Crippen LogP contribution in [0.4, 0.5) is 5.82 Å². The van der Waals surface area contributed by atoms with Gasteiger partial charge < -0.3 is 9.64 Å². The van der Waals surface area contributed by atoms with Gasteiger partial charge in [-0.3, -0.25) is 0 Å². The van der Waals surface area contributed by atoms with Gasteiger partial charge >= 0.3 is 0 Å². The molecule has 2 N–H and O–H groups in total. The van der Waals surface area contributed by atoms with E-state index in [2.05, 4.69) is 9.88 Å². The second-order valence-corrected chi connectivity index (χ2v) is 5.41. The fraction of sp³-hybridized carbons (Fsp3) is 0.500. The first-order chi connectivity index (χ1) is 8.07. The molecule has 94 valence electrons. The molecule has 6 nitrogen and oxygen atoms in total. The maximum atomic E-state index is 11.1. The lowest BCUT2D eigenvalue weighted by atomic mass is 10.3. The molecule has 1 aliphatic rings. The number of hydrogen-bond acceptors (Lipinski definition) is 5.